The summed E-state index contributed by atoms with van der Waals surface area (Å²) in [5, 5.41) is 3.17. The van der Waals surface area contributed by atoms with Crippen LogP contribution in [0.2, 0.25) is 0 Å². The number of nitrogens with one attached hydrogen (secondary N) is 2. The molecule has 1 rings (SSSR count). The van der Waals surface area contributed by atoms with E-state index in [0.29, 0.717) is 17.4 Å². The summed E-state index contributed by atoms with van der Waals surface area (Å²) in [5.41, 5.74) is 1.17. The van der Waals surface area contributed by atoms with E-state index in [1.165, 1.54) is 5.56 Å². The van der Waals surface area contributed by atoms with Crippen LogP contribution in [0.25, 0.3) is 0 Å². The minimum atomic E-state index is -3.37. The van der Waals surface area contributed by atoms with E-state index in [4.69, 9.17) is 0 Å². The summed E-state index contributed by atoms with van der Waals surface area (Å²) < 4.78 is 26.8. The van der Waals surface area contributed by atoms with E-state index < -0.39 is 10.0 Å². The van der Waals surface area contributed by atoms with Crippen LogP contribution < -0.4 is 10.0 Å². The third-order valence-electron chi connectivity index (χ3n) is 2.95. The molecule has 1 aromatic rings. The molecule has 0 bridgehead atoms. The molecule has 0 aliphatic rings. The van der Waals surface area contributed by atoms with Crippen molar-refractivity contribution in [2.45, 2.75) is 38.5 Å². The minimum Gasteiger partial charge on any atom is -0.317 e. The van der Waals surface area contributed by atoms with Gasteiger partial charge >= 0.3 is 0 Å². The molecule has 2 N–H and O–H groups in total. The van der Waals surface area contributed by atoms with E-state index in [0.717, 1.165) is 25.9 Å². The van der Waals surface area contributed by atoms with Gasteiger partial charge < -0.3 is 5.32 Å². The number of benzene rings is 1. The largest absolute Gasteiger partial charge is 0.317 e. The Kier molecular flexibility index (Phi) is 7.19. The molecule has 20 heavy (non-hydrogen) atoms. The lowest BCUT2D eigenvalue weighted by molar-refractivity contribution is 0.575. The van der Waals surface area contributed by atoms with E-state index >= 15 is 0 Å². The minimum absolute atomic E-state index is 0.341. The van der Waals surface area contributed by atoms with Crippen LogP contribution in [0.5, 0.6) is 0 Å². The fourth-order valence-corrected chi connectivity index (χ4v) is 3.03. The molecule has 0 unspecified atom stereocenters. The van der Waals surface area contributed by atoms with Crippen molar-refractivity contribution >= 4 is 10.0 Å². The molecule has 0 atom stereocenters. The van der Waals surface area contributed by atoms with Crippen LogP contribution in [0, 0.1) is 5.92 Å². The van der Waals surface area contributed by atoms with E-state index in [-0.39, 0.29) is 0 Å². The maximum atomic E-state index is 12.1. The first-order chi connectivity index (χ1) is 9.45. The summed E-state index contributed by atoms with van der Waals surface area (Å²) in [6.45, 7) is 8.52. The number of sulfonamides is 1. The maximum absolute atomic E-state index is 12.1. The lowest BCUT2D eigenvalue weighted by Gasteiger charge is -2.09. The predicted molar refractivity (Wildman–Crippen MR) is 83.3 cm³/mol. The highest BCUT2D eigenvalue weighted by Crippen LogP contribution is 2.13. The van der Waals surface area contributed by atoms with Gasteiger partial charge in [-0.1, -0.05) is 32.9 Å². The van der Waals surface area contributed by atoms with E-state index in [9.17, 15) is 8.42 Å². The van der Waals surface area contributed by atoms with E-state index in [1.54, 1.807) is 12.1 Å². The molecule has 0 heterocycles. The van der Waals surface area contributed by atoms with Crippen LogP contribution in [-0.4, -0.2) is 28.1 Å². The van der Waals surface area contributed by atoms with Crippen LogP contribution in [0.1, 0.15) is 32.8 Å². The molecule has 1 aromatic carbocycles. The lowest BCUT2D eigenvalue weighted by Crippen LogP contribution is -2.27. The van der Waals surface area contributed by atoms with Crippen LogP contribution in [-0.2, 0) is 16.4 Å². The first kappa shape index (κ1) is 17.1. The molecule has 4 nitrogen and oxygen atoms in total. The standard InChI is InChI=1S/C15H26N2O2S/c1-4-16-10-5-11-17-20(18,19)15-8-6-14(7-9-15)12-13(2)3/h6-9,13,16-17H,4-5,10-12H2,1-3H3. The first-order valence-corrected chi connectivity index (χ1v) is 8.73. The Balaban J connectivity index is 2.54. The first-order valence-electron chi connectivity index (χ1n) is 7.25. The monoisotopic (exact) mass is 298 g/mol. The molecule has 0 amide bonds. The second-order valence-corrected chi connectivity index (χ2v) is 7.11. The third-order valence-corrected chi connectivity index (χ3v) is 4.43. The Morgan fingerprint density at radius 1 is 1.10 bits per heavy atom. The molecule has 0 aliphatic heterocycles. The van der Waals surface area contributed by atoms with E-state index in [2.05, 4.69) is 23.9 Å². The van der Waals surface area contributed by atoms with Crippen molar-refractivity contribution in [2.24, 2.45) is 5.92 Å². The lowest BCUT2D eigenvalue weighted by atomic mass is 10.0. The number of rotatable bonds is 9. The molecule has 0 aromatic heterocycles. The Hall–Kier alpha value is -0.910. The average Bonchev–Trinajstić information content (AvgIpc) is 2.38. The zero-order valence-electron chi connectivity index (χ0n) is 12.6. The van der Waals surface area contributed by atoms with Crippen molar-refractivity contribution in [1.82, 2.24) is 10.0 Å². The van der Waals surface area contributed by atoms with Gasteiger partial charge in [-0.3, -0.25) is 0 Å². The highest BCUT2D eigenvalue weighted by molar-refractivity contribution is 7.89. The zero-order valence-corrected chi connectivity index (χ0v) is 13.5. The van der Waals surface area contributed by atoms with Gasteiger partial charge in [0.05, 0.1) is 4.90 Å². The van der Waals surface area contributed by atoms with Gasteiger partial charge in [0, 0.05) is 6.54 Å². The molecule has 114 valence electrons. The highest BCUT2D eigenvalue weighted by Gasteiger charge is 2.12. The van der Waals surface area contributed by atoms with Crippen molar-refractivity contribution in [3.8, 4) is 0 Å². The predicted octanol–water partition coefficient (Wildman–Crippen LogP) is 2.16. The van der Waals surface area contributed by atoms with Crippen molar-refractivity contribution in [2.75, 3.05) is 19.6 Å². The quantitative estimate of drug-likeness (QED) is 0.687. The summed E-state index contributed by atoms with van der Waals surface area (Å²) in [6, 6.07) is 7.16. The fraction of sp³-hybridized carbons (Fsp3) is 0.600. The van der Waals surface area contributed by atoms with Crippen LogP contribution in [0.3, 0.4) is 0 Å². The zero-order chi connectivity index (χ0) is 15.0. The smallest absolute Gasteiger partial charge is 0.240 e. The van der Waals surface area contributed by atoms with Gasteiger partial charge in [0.1, 0.15) is 0 Å². The van der Waals surface area contributed by atoms with Gasteiger partial charge in [0.2, 0.25) is 10.0 Å². The van der Waals surface area contributed by atoms with Crippen LogP contribution >= 0.6 is 0 Å². The van der Waals surface area contributed by atoms with Crippen LogP contribution in [0.4, 0.5) is 0 Å². The Morgan fingerprint density at radius 2 is 1.75 bits per heavy atom. The van der Waals surface area contributed by atoms with Crippen molar-refractivity contribution in [1.29, 1.82) is 0 Å². The van der Waals surface area contributed by atoms with Gasteiger partial charge in [-0.25, -0.2) is 13.1 Å². The molecule has 0 radical (unpaired) electrons. The van der Waals surface area contributed by atoms with E-state index in [1.807, 2.05) is 19.1 Å². The second kappa shape index (κ2) is 8.39. The van der Waals surface area contributed by atoms with Gasteiger partial charge in [0.15, 0.2) is 0 Å². The molecule has 0 fully saturated rings. The summed E-state index contributed by atoms with van der Waals surface area (Å²) in [7, 11) is -3.37. The summed E-state index contributed by atoms with van der Waals surface area (Å²) >= 11 is 0. The summed E-state index contributed by atoms with van der Waals surface area (Å²) in [5.74, 6) is 0.571. The Morgan fingerprint density at radius 3 is 2.30 bits per heavy atom. The molecule has 0 saturated heterocycles. The van der Waals surface area contributed by atoms with Crippen molar-refractivity contribution in [3.63, 3.8) is 0 Å². The van der Waals surface area contributed by atoms with Gasteiger partial charge in [-0.15, -0.1) is 0 Å². The van der Waals surface area contributed by atoms with Crippen molar-refractivity contribution < 1.29 is 8.42 Å². The van der Waals surface area contributed by atoms with Gasteiger partial charge in [0.25, 0.3) is 0 Å². The number of hydrogen-bond donors (Lipinski definition) is 2. The molecule has 5 heteroatoms. The second-order valence-electron chi connectivity index (χ2n) is 5.35. The fourth-order valence-electron chi connectivity index (χ4n) is 1.96. The molecular weight excluding hydrogens is 272 g/mol. The molecule has 0 aliphatic carbocycles. The van der Waals surface area contributed by atoms with Gasteiger partial charge in [-0.2, -0.15) is 0 Å². The molecular formula is C15H26N2O2S. The van der Waals surface area contributed by atoms with Crippen molar-refractivity contribution in [3.05, 3.63) is 29.8 Å². The average molecular weight is 298 g/mol. The third kappa shape index (κ3) is 6.03. The SMILES string of the molecule is CCNCCCNS(=O)(=O)c1ccc(CC(C)C)cc1. The topological polar surface area (TPSA) is 58.2 Å². The summed E-state index contributed by atoms with van der Waals surface area (Å²) in [6.07, 6.45) is 1.76. The molecule has 0 saturated carbocycles. The Bertz CT molecular complexity index is 481. The summed E-state index contributed by atoms with van der Waals surface area (Å²) in [4.78, 5) is 0.341. The number of hydrogen-bond acceptors (Lipinski definition) is 3. The Labute approximate surface area is 123 Å². The van der Waals surface area contributed by atoms with Gasteiger partial charge in [-0.05, 0) is 49.5 Å². The normalized spacial score (nSPS) is 12.0. The van der Waals surface area contributed by atoms with Crippen LogP contribution in [0.15, 0.2) is 29.2 Å². The highest BCUT2D eigenvalue weighted by atomic mass is 32.2. The maximum Gasteiger partial charge on any atom is 0.240 e. The molecule has 0 spiro atoms.